The van der Waals surface area contributed by atoms with Gasteiger partial charge in [0.2, 0.25) is 0 Å². The number of esters is 1. The summed E-state index contributed by atoms with van der Waals surface area (Å²) in [7, 11) is 0. The smallest absolute Gasteiger partial charge is 0.355 e. The molecule has 2 aromatic rings. The first-order valence-corrected chi connectivity index (χ1v) is 7.62. The Morgan fingerprint density at radius 3 is 2.61 bits per heavy atom. The van der Waals surface area contributed by atoms with Crippen LogP contribution in [0.1, 0.15) is 12.5 Å². The standard InChI is InChI=1S/C19H18N2O2/c1-2-23-19(22)18-15(12-14-8-4-3-5-9-14)13-20-16-10-6-7-11-17(16)21-18/h3-11,13,21H,2,12H2,1H3. The Balaban J connectivity index is 2.00. The molecular formula is C19H18N2O2. The number of allylic oxidation sites excluding steroid dienone is 1. The average Bonchev–Trinajstić information content (AvgIpc) is 2.76. The zero-order chi connectivity index (χ0) is 16.1. The lowest BCUT2D eigenvalue weighted by atomic mass is 10.0. The van der Waals surface area contributed by atoms with Crippen LogP contribution in [0, 0.1) is 0 Å². The van der Waals surface area contributed by atoms with Gasteiger partial charge in [0.05, 0.1) is 18.0 Å². The number of benzene rings is 2. The van der Waals surface area contributed by atoms with Gasteiger partial charge in [0.25, 0.3) is 0 Å². The Labute approximate surface area is 135 Å². The Morgan fingerprint density at radius 1 is 1.09 bits per heavy atom. The molecule has 0 saturated heterocycles. The fourth-order valence-corrected chi connectivity index (χ4v) is 2.45. The number of para-hydroxylation sites is 2. The molecule has 3 rings (SSSR count). The molecule has 1 aliphatic rings. The molecule has 0 spiro atoms. The zero-order valence-electron chi connectivity index (χ0n) is 13.0. The maximum Gasteiger partial charge on any atom is 0.355 e. The highest BCUT2D eigenvalue weighted by Crippen LogP contribution is 2.29. The SMILES string of the molecule is CCOC(=O)C1=C(Cc2ccccc2)C=Nc2ccccc2N1. The van der Waals surface area contributed by atoms with E-state index in [-0.39, 0.29) is 5.97 Å². The largest absolute Gasteiger partial charge is 0.461 e. The van der Waals surface area contributed by atoms with Gasteiger partial charge in [0.1, 0.15) is 5.70 Å². The lowest BCUT2D eigenvalue weighted by Gasteiger charge is -2.13. The van der Waals surface area contributed by atoms with Crippen molar-refractivity contribution >= 4 is 23.6 Å². The van der Waals surface area contributed by atoms with Crippen LogP contribution in [0.4, 0.5) is 11.4 Å². The minimum atomic E-state index is -0.360. The molecule has 0 atom stereocenters. The highest BCUT2D eigenvalue weighted by atomic mass is 16.5. The molecule has 0 aromatic heterocycles. The van der Waals surface area contributed by atoms with E-state index in [0.29, 0.717) is 18.7 Å². The van der Waals surface area contributed by atoms with Crippen LogP contribution in [0.15, 0.2) is 70.9 Å². The number of hydrogen-bond acceptors (Lipinski definition) is 4. The minimum Gasteiger partial charge on any atom is -0.461 e. The van der Waals surface area contributed by atoms with E-state index in [1.54, 1.807) is 13.1 Å². The molecule has 1 heterocycles. The van der Waals surface area contributed by atoms with E-state index < -0.39 is 0 Å². The molecule has 4 heteroatoms. The van der Waals surface area contributed by atoms with Crippen LogP contribution < -0.4 is 5.32 Å². The molecule has 1 N–H and O–H groups in total. The number of nitrogens with one attached hydrogen (secondary N) is 1. The van der Waals surface area contributed by atoms with Gasteiger partial charge < -0.3 is 10.1 Å². The number of carbonyl (C=O) groups is 1. The van der Waals surface area contributed by atoms with Crippen molar-refractivity contribution in [1.29, 1.82) is 0 Å². The minimum absolute atomic E-state index is 0.335. The molecule has 0 fully saturated rings. The molecule has 0 radical (unpaired) electrons. The number of ether oxygens (including phenoxy) is 1. The molecular weight excluding hydrogens is 288 g/mol. The summed E-state index contributed by atoms with van der Waals surface area (Å²) >= 11 is 0. The first kappa shape index (κ1) is 15.0. The fourth-order valence-electron chi connectivity index (χ4n) is 2.45. The van der Waals surface area contributed by atoms with Crippen LogP contribution in [-0.4, -0.2) is 18.8 Å². The second kappa shape index (κ2) is 6.92. The molecule has 4 nitrogen and oxygen atoms in total. The number of nitrogens with zero attached hydrogens (tertiary/aromatic N) is 1. The maximum absolute atomic E-state index is 12.4. The van der Waals surface area contributed by atoms with E-state index in [1.807, 2.05) is 54.6 Å². The van der Waals surface area contributed by atoms with Gasteiger partial charge >= 0.3 is 5.97 Å². The van der Waals surface area contributed by atoms with Gasteiger partial charge in [0.15, 0.2) is 0 Å². The molecule has 0 bridgehead atoms. The Morgan fingerprint density at radius 2 is 1.83 bits per heavy atom. The van der Waals surface area contributed by atoms with Gasteiger partial charge in [-0.15, -0.1) is 0 Å². The lowest BCUT2D eigenvalue weighted by Crippen LogP contribution is -2.18. The molecule has 0 unspecified atom stereocenters. The van der Waals surface area contributed by atoms with Crippen LogP contribution in [-0.2, 0) is 16.0 Å². The van der Waals surface area contributed by atoms with E-state index in [0.717, 1.165) is 22.5 Å². The van der Waals surface area contributed by atoms with Crippen LogP contribution in [0.5, 0.6) is 0 Å². The van der Waals surface area contributed by atoms with Crippen LogP contribution in [0.3, 0.4) is 0 Å². The monoisotopic (exact) mass is 306 g/mol. The summed E-state index contributed by atoms with van der Waals surface area (Å²) < 4.78 is 5.20. The summed E-state index contributed by atoms with van der Waals surface area (Å²) in [6, 6.07) is 17.6. The first-order valence-electron chi connectivity index (χ1n) is 7.62. The molecule has 116 valence electrons. The van der Waals surface area contributed by atoms with Crippen molar-refractivity contribution < 1.29 is 9.53 Å². The third-order valence-corrected chi connectivity index (χ3v) is 3.56. The highest BCUT2D eigenvalue weighted by molar-refractivity contribution is 6.02. The molecule has 0 aliphatic carbocycles. The lowest BCUT2D eigenvalue weighted by molar-refractivity contribution is -0.138. The number of rotatable bonds is 4. The van der Waals surface area contributed by atoms with Crippen molar-refractivity contribution in [2.45, 2.75) is 13.3 Å². The summed E-state index contributed by atoms with van der Waals surface area (Å²) in [5, 5.41) is 3.19. The van der Waals surface area contributed by atoms with E-state index in [4.69, 9.17) is 4.74 Å². The van der Waals surface area contributed by atoms with Gasteiger partial charge in [-0.05, 0) is 24.6 Å². The van der Waals surface area contributed by atoms with Crippen LogP contribution in [0.25, 0.3) is 0 Å². The summed E-state index contributed by atoms with van der Waals surface area (Å²) in [6.45, 7) is 2.13. The predicted molar refractivity (Wildman–Crippen MR) is 92.0 cm³/mol. The number of aliphatic imine (C=N–C) groups is 1. The molecule has 1 aliphatic heterocycles. The first-order chi connectivity index (χ1) is 11.3. The molecule has 2 aromatic carbocycles. The number of hydrogen-bond donors (Lipinski definition) is 1. The van der Waals surface area contributed by atoms with Gasteiger partial charge in [-0.3, -0.25) is 4.99 Å². The normalized spacial score (nSPS) is 13.1. The zero-order valence-corrected chi connectivity index (χ0v) is 13.0. The van der Waals surface area contributed by atoms with Gasteiger partial charge in [-0.25, -0.2) is 4.79 Å². The molecule has 0 saturated carbocycles. The number of carbonyl (C=O) groups excluding carboxylic acids is 1. The van der Waals surface area contributed by atoms with E-state index >= 15 is 0 Å². The van der Waals surface area contributed by atoms with Crippen molar-refractivity contribution in [1.82, 2.24) is 0 Å². The second-order valence-electron chi connectivity index (χ2n) is 5.18. The Hall–Kier alpha value is -2.88. The number of anilines is 1. The Kier molecular flexibility index (Phi) is 4.52. The number of fused-ring (bicyclic) bond motifs is 1. The van der Waals surface area contributed by atoms with E-state index in [1.165, 1.54) is 0 Å². The third-order valence-electron chi connectivity index (χ3n) is 3.56. The third kappa shape index (κ3) is 3.48. The quantitative estimate of drug-likeness (QED) is 0.872. The second-order valence-corrected chi connectivity index (χ2v) is 5.18. The Bertz CT molecular complexity index is 764. The van der Waals surface area contributed by atoms with Crippen molar-refractivity contribution in [3.63, 3.8) is 0 Å². The van der Waals surface area contributed by atoms with E-state index in [9.17, 15) is 4.79 Å². The highest BCUT2D eigenvalue weighted by Gasteiger charge is 2.20. The molecule has 23 heavy (non-hydrogen) atoms. The van der Waals surface area contributed by atoms with Crippen molar-refractivity contribution in [3.05, 3.63) is 71.4 Å². The van der Waals surface area contributed by atoms with Gasteiger partial charge in [-0.1, -0.05) is 42.5 Å². The topological polar surface area (TPSA) is 50.7 Å². The fraction of sp³-hybridized carbons (Fsp3) is 0.158. The van der Waals surface area contributed by atoms with Crippen molar-refractivity contribution in [2.24, 2.45) is 4.99 Å². The van der Waals surface area contributed by atoms with Crippen LogP contribution >= 0.6 is 0 Å². The molecule has 0 amide bonds. The van der Waals surface area contributed by atoms with Crippen LogP contribution in [0.2, 0.25) is 0 Å². The van der Waals surface area contributed by atoms with E-state index in [2.05, 4.69) is 10.3 Å². The van der Waals surface area contributed by atoms with Crippen molar-refractivity contribution in [3.8, 4) is 0 Å². The maximum atomic E-state index is 12.4. The summed E-state index contributed by atoms with van der Waals surface area (Å²) in [5.41, 5.74) is 3.98. The summed E-state index contributed by atoms with van der Waals surface area (Å²) in [4.78, 5) is 16.9. The van der Waals surface area contributed by atoms with Gasteiger partial charge in [-0.2, -0.15) is 0 Å². The average molecular weight is 306 g/mol. The predicted octanol–water partition coefficient (Wildman–Crippen LogP) is 3.87. The van der Waals surface area contributed by atoms with Crippen molar-refractivity contribution in [2.75, 3.05) is 11.9 Å². The summed E-state index contributed by atoms with van der Waals surface area (Å²) in [6.07, 6.45) is 2.36. The summed E-state index contributed by atoms with van der Waals surface area (Å²) in [5.74, 6) is -0.360. The van der Waals surface area contributed by atoms with Gasteiger partial charge in [0, 0.05) is 18.2 Å².